The highest BCUT2D eigenvalue weighted by Gasteiger charge is 2.70. The van der Waals surface area contributed by atoms with E-state index in [2.05, 4.69) is 65.2 Å². The molecule has 0 aromatic heterocycles. The zero-order valence-electron chi connectivity index (χ0n) is 35.6. The van der Waals surface area contributed by atoms with Gasteiger partial charge in [0.05, 0.1) is 17.6 Å². The number of hydrogen-bond donors (Lipinski definition) is 5. The molecule has 10 atom stereocenters. The number of hydrogen-bond acceptors (Lipinski definition) is 5. The molecule has 5 aliphatic carbocycles. The Morgan fingerprint density at radius 1 is 0.796 bits per heavy atom. The van der Waals surface area contributed by atoms with Crippen LogP contribution in [0.3, 0.4) is 0 Å². The third-order valence-electron chi connectivity index (χ3n) is 16.9. The molecule has 0 unspecified atom stereocenters. The van der Waals surface area contributed by atoms with E-state index in [0.717, 1.165) is 109 Å². The number of carboxylic acid groups (broad SMARTS) is 1. The third kappa shape index (κ3) is 7.83. The quantitative estimate of drug-likeness (QED) is 0.0837. The first kappa shape index (κ1) is 43.2. The number of carbonyl (C=O) groups excluding carboxylic acids is 2. The Labute approximate surface area is 327 Å². The van der Waals surface area contributed by atoms with Crippen LogP contribution in [-0.2, 0) is 14.4 Å². The van der Waals surface area contributed by atoms with Crippen LogP contribution in [-0.4, -0.2) is 57.9 Å². The minimum absolute atomic E-state index is 0.0144. The summed E-state index contributed by atoms with van der Waals surface area (Å²) in [6.07, 6.45) is 18.9. The van der Waals surface area contributed by atoms with Crippen LogP contribution in [0.2, 0.25) is 0 Å². The van der Waals surface area contributed by atoms with Crippen LogP contribution in [0.4, 0.5) is 0 Å². The van der Waals surface area contributed by atoms with Crippen molar-refractivity contribution in [3.63, 3.8) is 0 Å². The molecule has 0 aliphatic heterocycles. The Morgan fingerprint density at radius 2 is 1.41 bits per heavy atom. The molecule has 0 bridgehead atoms. The van der Waals surface area contributed by atoms with Crippen molar-refractivity contribution in [1.82, 2.24) is 10.6 Å². The fraction of sp³-hybridized carbons (Fsp3) is 0.891. The van der Waals surface area contributed by atoms with E-state index in [9.17, 15) is 29.7 Å². The first-order valence-electron chi connectivity index (χ1n) is 22.0. The molecule has 5 N–H and O–H groups in total. The van der Waals surface area contributed by atoms with Gasteiger partial charge in [0, 0.05) is 13.0 Å². The van der Waals surface area contributed by atoms with Gasteiger partial charge < -0.3 is 26.0 Å². The van der Waals surface area contributed by atoms with Crippen molar-refractivity contribution >= 4 is 17.8 Å². The second kappa shape index (κ2) is 16.1. The lowest BCUT2D eigenvalue weighted by Gasteiger charge is -2.71. The van der Waals surface area contributed by atoms with Gasteiger partial charge in [-0.15, -0.1) is 0 Å². The summed E-state index contributed by atoms with van der Waals surface area (Å²) < 4.78 is 0. The van der Waals surface area contributed by atoms with E-state index in [4.69, 9.17) is 0 Å². The molecular weight excluding hydrogens is 677 g/mol. The van der Waals surface area contributed by atoms with Gasteiger partial charge >= 0.3 is 5.97 Å². The summed E-state index contributed by atoms with van der Waals surface area (Å²) in [5.41, 5.74) is 1.16. The molecule has 8 nitrogen and oxygen atoms in total. The predicted octanol–water partition coefficient (Wildman–Crippen LogP) is 8.97. The summed E-state index contributed by atoms with van der Waals surface area (Å²) in [4.78, 5) is 37.9. The van der Waals surface area contributed by atoms with Gasteiger partial charge in [-0.25, -0.2) is 4.79 Å². The van der Waals surface area contributed by atoms with Crippen LogP contribution < -0.4 is 10.6 Å². The minimum atomic E-state index is -0.979. The lowest BCUT2D eigenvalue weighted by Crippen LogP contribution is -2.67. The molecule has 54 heavy (non-hydrogen) atoms. The highest BCUT2D eigenvalue weighted by Crippen LogP contribution is 2.75. The van der Waals surface area contributed by atoms with Crippen LogP contribution in [0.5, 0.6) is 0 Å². The molecule has 308 valence electrons. The van der Waals surface area contributed by atoms with Crippen molar-refractivity contribution in [2.75, 3.05) is 6.54 Å². The molecule has 0 saturated heterocycles. The Morgan fingerprint density at radius 3 is 2.04 bits per heavy atom. The van der Waals surface area contributed by atoms with Gasteiger partial charge in [-0.1, -0.05) is 112 Å². The average Bonchev–Trinajstić information content (AvgIpc) is 3.08. The maximum atomic E-state index is 14.4. The van der Waals surface area contributed by atoms with Crippen molar-refractivity contribution in [2.45, 2.75) is 196 Å². The van der Waals surface area contributed by atoms with Gasteiger partial charge in [-0.3, -0.25) is 9.59 Å². The lowest BCUT2D eigenvalue weighted by atomic mass is 9.33. The summed E-state index contributed by atoms with van der Waals surface area (Å²) >= 11 is 0. The molecule has 5 rings (SSSR count). The molecule has 0 heterocycles. The van der Waals surface area contributed by atoms with Gasteiger partial charge in [0.1, 0.15) is 6.04 Å². The molecule has 4 fully saturated rings. The molecule has 0 radical (unpaired) electrons. The Bertz CT molecular complexity index is 1400. The fourth-order valence-electron chi connectivity index (χ4n) is 13.4. The summed E-state index contributed by atoms with van der Waals surface area (Å²) in [7, 11) is 0. The van der Waals surface area contributed by atoms with Gasteiger partial charge in [0.2, 0.25) is 11.8 Å². The first-order valence-corrected chi connectivity index (χ1v) is 22.0. The maximum absolute atomic E-state index is 14.4. The number of allylic oxidation sites excluding steroid dienone is 2. The molecule has 4 saturated carbocycles. The summed E-state index contributed by atoms with van der Waals surface area (Å²) in [5, 5.41) is 37.7. The number of rotatable bonds is 15. The van der Waals surface area contributed by atoms with E-state index < -0.39 is 24.2 Å². The number of aliphatic carboxylic acids is 1. The van der Waals surface area contributed by atoms with Crippen LogP contribution in [0, 0.1) is 56.2 Å². The topological polar surface area (TPSA) is 136 Å². The third-order valence-corrected chi connectivity index (χ3v) is 16.9. The minimum Gasteiger partial charge on any atom is -0.480 e. The number of carbonyl (C=O) groups is 3. The lowest BCUT2D eigenvalue weighted by molar-refractivity contribution is -0.231. The molecular formula is C46H78N2O6. The summed E-state index contributed by atoms with van der Waals surface area (Å²) in [5.74, 6) is 0.0633. The highest BCUT2D eigenvalue weighted by atomic mass is 16.4. The van der Waals surface area contributed by atoms with Crippen molar-refractivity contribution in [3.05, 3.63) is 11.6 Å². The van der Waals surface area contributed by atoms with E-state index in [-0.39, 0.29) is 56.1 Å². The molecule has 0 spiro atoms. The number of fused-ring (bicyclic) bond motifs is 7. The first-order chi connectivity index (χ1) is 25.2. The van der Waals surface area contributed by atoms with Crippen molar-refractivity contribution in [3.8, 4) is 0 Å². The normalized spacial score (nSPS) is 38.5. The standard InChI is InChI=1S/C46H78N2O6/c1-30(2)37(39(52)53)48-36(50)18-16-14-12-10-11-13-15-17-27-47-40(54)46-25-23-41(3,4)28-32(46)31-19-20-35-43(7)29-33(49)38(51)42(5,6)34(43)21-22-45(35,9)44(31,8)24-26-46/h19,30,32-35,37-38,49,51H,10-18,20-29H2,1-9H3,(H,47,54)(H,48,50)(H,52,53)/t32-,33+,34-,35+,37+,38-,43-,44+,45+,46-/m0/s1. The van der Waals surface area contributed by atoms with E-state index in [1.165, 1.54) is 0 Å². The Balaban J connectivity index is 1.14. The number of nitrogens with one attached hydrogen (secondary N) is 2. The molecule has 8 heteroatoms. The van der Waals surface area contributed by atoms with E-state index in [0.29, 0.717) is 24.7 Å². The van der Waals surface area contributed by atoms with Gasteiger partial charge in [-0.2, -0.15) is 0 Å². The highest BCUT2D eigenvalue weighted by molar-refractivity contribution is 5.84. The van der Waals surface area contributed by atoms with Gasteiger partial charge in [0.15, 0.2) is 0 Å². The monoisotopic (exact) mass is 755 g/mol. The van der Waals surface area contributed by atoms with Crippen LogP contribution in [0.1, 0.15) is 178 Å². The van der Waals surface area contributed by atoms with Crippen molar-refractivity contribution in [2.24, 2.45) is 56.2 Å². The number of unbranched alkanes of at least 4 members (excludes halogenated alkanes) is 7. The fourth-order valence-corrected chi connectivity index (χ4v) is 13.4. The number of aliphatic hydroxyl groups is 2. The van der Waals surface area contributed by atoms with Crippen LogP contribution in [0.15, 0.2) is 11.6 Å². The zero-order chi connectivity index (χ0) is 39.9. The van der Waals surface area contributed by atoms with Gasteiger partial charge in [-0.05, 0) is 121 Å². The second-order valence-corrected chi connectivity index (χ2v) is 21.4. The SMILES string of the molecule is CC(C)[C@@H](NC(=O)CCCCCCCCCCNC(=O)[C@]12CCC(C)(C)C[C@H]1C1=CC[C@@H]3[C@@]4(C)C[C@@H](O)[C@H](O)C(C)(C)[C@@H]4CC[C@@]3(C)[C@]1(C)CC2)C(=O)O. The molecule has 0 aromatic carbocycles. The van der Waals surface area contributed by atoms with E-state index in [1.807, 2.05) is 0 Å². The summed E-state index contributed by atoms with van der Waals surface area (Å²) in [6.45, 7) is 21.0. The van der Waals surface area contributed by atoms with Crippen LogP contribution >= 0.6 is 0 Å². The molecule has 5 aliphatic rings. The van der Waals surface area contributed by atoms with E-state index >= 15 is 0 Å². The van der Waals surface area contributed by atoms with Crippen molar-refractivity contribution < 1.29 is 29.7 Å². The average molecular weight is 755 g/mol. The van der Waals surface area contributed by atoms with Crippen LogP contribution in [0.25, 0.3) is 0 Å². The van der Waals surface area contributed by atoms with Gasteiger partial charge in [0.25, 0.3) is 0 Å². The summed E-state index contributed by atoms with van der Waals surface area (Å²) in [6, 6.07) is -0.824. The second-order valence-electron chi connectivity index (χ2n) is 21.4. The van der Waals surface area contributed by atoms with E-state index in [1.54, 1.807) is 19.4 Å². The Hall–Kier alpha value is -1.93. The molecule has 0 aromatic rings. The number of aliphatic hydroxyl groups excluding tert-OH is 2. The number of carboxylic acids is 1. The predicted molar refractivity (Wildman–Crippen MR) is 215 cm³/mol. The number of amides is 2. The Kier molecular flexibility index (Phi) is 12.9. The maximum Gasteiger partial charge on any atom is 0.326 e. The zero-order valence-corrected chi connectivity index (χ0v) is 35.6. The smallest absolute Gasteiger partial charge is 0.326 e. The van der Waals surface area contributed by atoms with Crippen molar-refractivity contribution in [1.29, 1.82) is 0 Å². The molecule has 2 amide bonds. The largest absolute Gasteiger partial charge is 0.480 e.